The first-order valence-electron chi connectivity index (χ1n) is 3.69. The van der Waals surface area contributed by atoms with Crippen molar-refractivity contribution in [2.45, 2.75) is 5.92 Å². The average molecular weight is 166 g/mol. The van der Waals surface area contributed by atoms with E-state index in [0.29, 0.717) is 11.3 Å². The van der Waals surface area contributed by atoms with Gasteiger partial charge in [0.05, 0.1) is 5.92 Å². The van der Waals surface area contributed by atoms with E-state index in [-0.39, 0.29) is 12.4 Å². The molecule has 0 aromatic heterocycles. The van der Waals surface area contributed by atoms with Crippen LogP contribution in [-0.4, -0.2) is 12.9 Å². The summed E-state index contributed by atoms with van der Waals surface area (Å²) >= 11 is 0. The van der Waals surface area contributed by atoms with E-state index in [4.69, 9.17) is 4.74 Å². The van der Waals surface area contributed by atoms with Crippen molar-refractivity contribution in [2.24, 2.45) is 0 Å². The van der Waals surface area contributed by atoms with Gasteiger partial charge in [0.2, 0.25) is 0 Å². The molecule has 0 radical (unpaired) electrons. The number of hydrogen-bond acceptors (Lipinski definition) is 2. The molecule has 1 heterocycles. The molecular formula is C9H7FO2. The number of carbonyl (C=O) groups excluding carboxylic acids is 1. The topological polar surface area (TPSA) is 26.3 Å². The molecule has 2 nitrogen and oxygen atoms in total. The van der Waals surface area contributed by atoms with Gasteiger partial charge in [-0.2, -0.15) is 0 Å². The Morgan fingerprint density at radius 2 is 2.42 bits per heavy atom. The molecule has 0 fully saturated rings. The Morgan fingerprint density at radius 3 is 3.17 bits per heavy atom. The lowest BCUT2D eigenvalue weighted by Gasteiger charge is -1.99. The molecule has 0 spiro atoms. The monoisotopic (exact) mass is 166 g/mol. The minimum Gasteiger partial charge on any atom is -0.492 e. The quantitative estimate of drug-likeness (QED) is 0.591. The van der Waals surface area contributed by atoms with Gasteiger partial charge in [0.15, 0.2) is 0 Å². The Hall–Kier alpha value is -1.38. The predicted molar refractivity (Wildman–Crippen MR) is 40.7 cm³/mol. The SMILES string of the molecule is O=CC1COc2cccc(F)c21. The third kappa shape index (κ3) is 0.897. The molecule has 1 aliphatic rings. The van der Waals surface area contributed by atoms with Crippen LogP contribution < -0.4 is 4.74 Å². The van der Waals surface area contributed by atoms with Gasteiger partial charge in [-0.3, -0.25) is 0 Å². The van der Waals surface area contributed by atoms with Gasteiger partial charge in [0, 0.05) is 5.56 Å². The summed E-state index contributed by atoms with van der Waals surface area (Å²) in [5.41, 5.74) is 0.396. The summed E-state index contributed by atoms with van der Waals surface area (Å²) in [6.07, 6.45) is 0.717. The minimum atomic E-state index is -0.429. The van der Waals surface area contributed by atoms with Crippen LogP contribution >= 0.6 is 0 Å². The van der Waals surface area contributed by atoms with E-state index in [2.05, 4.69) is 0 Å². The fourth-order valence-electron chi connectivity index (χ4n) is 1.37. The maximum Gasteiger partial charge on any atom is 0.131 e. The van der Waals surface area contributed by atoms with Crippen molar-refractivity contribution in [3.05, 3.63) is 29.6 Å². The van der Waals surface area contributed by atoms with Gasteiger partial charge in [0.1, 0.15) is 24.5 Å². The first-order valence-corrected chi connectivity index (χ1v) is 3.69. The summed E-state index contributed by atoms with van der Waals surface area (Å²) in [5, 5.41) is 0. The summed E-state index contributed by atoms with van der Waals surface area (Å²) in [7, 11) is 0. The number of aldehydes is 1. The largest absolute Gasteiger partial charge is 0.492 e. The molecule has 3 heteroatoms. The van der Waals surface area contributed by atoms with E-state index in [9.17, 15) is 9.18 Å². The van der Waals surface area contributed by atoms with Crippen molar-refractivity contribution in [3.8, 4) is 5.75 Å². The van der Waals surface area contributed by atoms with Crippen molar-refractivity contribution >= 4 is 6.29 Å². The second kappa shape index (κ2) is 2.59. The van der Waals surface area contributed by atoms with Gasteiger partial charge in [-0.15, -0.1) is 0 Å². The normalized spacial score (nSPS) is 19.9. The molecule has 1 aliphatic heterocycles. The number of ether oxygens (including phenoxy) is 1. The third-order valence-corrected chi connectivity index (χ3v) is 1.97. The van der Waals surface area contributed by atoms with Crippen molar-refractivity contribution in [1.82, 2.24) is 0 Å². The van der Waals surface area contributed by atoms with Crippen LogP contribution in [0.2, 0.25) is 0 Å². The molecule has 12 heavy (non-hydrogen) atoms. The maximum atomic E-state index is 13.1. The molecule has 0 aliphatic carbocycles. The number of hydrogen-bond donors (Lipinski definition) is 0. The Labute approximate surface area is 69.0 Å². The lowest BCUT2D eigenvalue weighted by Crippen LogP contribution is -2.02. The zero-order valence-electron chi connectivity index (χ0n) is 6.29. The Morgan fingerprint density at radius 1 is 1.58 bits per heavy atom. The standard InChI is InChI=1S/C9H7FO2/c10-7-2-1-3-8-9(7)6(4-11)5-12-8/h1-4,6H,5H2. The van der Waals surface area contributed by atoms with Gasteiger partial charge in [-0.25, -0.2) is 4.39 Å². The van der Waals surface area contributed by atoms with Crippen LogP contribution in [0.3, 0.4) is 0 Å². The molecule has 2 rings (SSSR count). The van der Waals surface area contributed by atoms with Crippen molar-refractivity contribution in [1.29, 1.82) is 0 Å². The molecular weight excluding hydrogens is 159 g/mol. The summed E-state index contributed by atoms with van der Waals surface area (Å²) in [6, 6.07) is 4.58. The van der Waals surface area contributed by atoms with E-state index in [0.717, 1.165) is 6.29 Å². The van der Waals surface area contributed by atoms with E-state index < -0.39 is 5.92 Å². The van der Waals surface area contributed by atoms with Gasteiger partial charge < -0.3 is 9.53 Å². The molecule has 0 bridgehead atoms. The predicted octanol–water partition coefficient (Wildman–Crippen LogP) is 1.50. The second-order valence-corrected chi connectivity index (χ2v) is 2.71. The van der Waals surface area contributed by atoms with Crippen LogP contribution in [0, 0.1) is 5.82 Å². The highest BCUT2D eigenvalue weighted by molar-refractivity contribution is 5.66. The fourth-order valence-corrected chi connectivity index (χ4v) is 1.37. The van der Waals surface area contributed by atoms with Crippen LogP contribution in [-0.2, 0) is 4.79 Å². The van der Waals surface area contributed by atoms with E-state index in [1.165, 1.54) is 6.07 Å². The van der Waals surface area contributed by atoms with Gasteiger partial charge in [0.25, 0.3) is 0 Å². The van der Waals surface area contributed by atoms with Crippen LogP contribution in [0.25, 0.3) is 0 Å². The Balaban J connectivity index is 2.55. The van der Waals surface area contributed by atoms with Crippen LogP contribution in [0.5, 0.6) is 5.75 Å². The van der Waals surface area contributed by atoms with Gasteiger partial charge in [-0.05, 0) is 12.1 Å². The maximum absolute atomic E-state index is 13.1. The summed E-state index contributed by atoms with van der Waals surface area (Å²) in [6.45, 7) is 0.264. The highest BCUT2D eigenvalue weighted by Crippen LogP contribution is 2.34. The molecule has 1 aromatic carbocycles. The van der Waals surface area contributed by atoms with Crippen molar-refractivity contribution < 1.29 is 13.9 Å². The lowest BCUT2D eigenvalue weighted by molar-refractivity contribution is -0.109. The third-order valence-electron chi connectivity index (χ3n) is 1.97. The first kappa shape index (κ1) is 7.28. The van der Waals surface area contributed by atoms with Gasteiger partial charge >= 0.3 is 0 Å². The molecule has 0 saturated heterocycles. The molecule has 62 valence electrons. The number of carbonyl (C=O) groups is 1. The number of benzene rings is 1. The molecule has 0 saturated carbocycles. The van der Waals surface area contributed by atoms with E-state index in [1.807, 2.05) is 0 Å². The zero-order valence-corrected chi connectivity index (χ0v) is 6.29. The second-order valence-electron chi connectivity index (χ2n) is 2.71. The summed E-state index contributed by atoms with van der Waals surface area (Å²) < 4.78 is 18.2. The van der Waals surface area contributed by atoms with Crippen molar-refractivity contribution in [2.75, 3.05) is 6.61 Å². The van der Waals surface area contributed by atoms with Crippen LogP contribution in [0.4, 0.5) is 4.39 Å². The zero-order chi connectivity index (χ0) is 8.55. The van der Waals surface area contributed by atoms with E-state index in [1.54, 1.807) is 12.1 Å². The molecule has 0 N–H and O–H groups in total. The summed E-state index contributed by atoms with van der Waals surface area (Å²) in [4.78, 5) is 10.5. The minimum absolute atomic E-state index is 0.264. The highest BCUT2D eigenvalue weighted by Gasteiger charge is 2.26. The highest BCUT2D eigenvalue weighted by atomic mass is 19.1. The smallest absolute Gasteiger partial charge is 0.131 e. The van der Waals surface area contributed by atoms with Crippen LogP contribution in [0.1, 0.15) is 11.5 Å². The van der Waals surface area contributed by atoms with Crippen LogP contribution in [0.15, 0.2) is 18.2 Å². The Bertz CT molecular complexity index is 322. The molecule has 1 aromatic rings. The van der Waals surface area contributed by atoms with Gasteiger partial charge in [-0.1, -0.05) is 6.07 Å². The first-order chi connectivity index (χ1) is 5.83. The Kier molecular flexibility index (Phi) is 1.57. The van der Waals surface area contributed by atoms with E-state index >= 15 is 0 Å². The lowest BCUT2D eigenvalue weighted by atomic mass is 10.0. The molecule has 1 atom stereocenters. The number of rotatable bonds is 1. The average Bonchev–Trinajstić information content (AvgIpc) is 2.49. The fraction of sp³-hybridized carbons (Fsp3) is 0.222. The number of fused-ring (bicyclic) bond motifs is 1. The number of halogens is 1. The molecule has 0 amide bonds. The summed E-state index contributed by atoms with van der Waals surface area (Å²) in [5.74, 6) is -0.296. The van der Waals surface area contributed by atoms with Crippen molar-refractivity contribution in [3.63, 3.8) is 0 Å². The molecule has 1 unspecified atom stereocenters.